The Kier molecular flexibility index (Phi) is 4.19. The molecule has 98 valence electrons. The SMILES string of the molecule is C[C@@H]1Cc2ccccc2N1C(=S)NCC[NH+](C)C. The normalized spacial score (nSPS) is 18.0. The molecule has 3 nitrogen and oxygen atoms in total. The van der Waals surface area contributed by atoms with Crippen molar-refractivity contribution in [2.75, 3.05) is 32.1 Å². The number of likely N-dealkylation sites (N-methyl/N-ethyl adjacent to an activating group) is 1. The summed E-state index contributed by atoms with van der Waals surface area (Å²) >= 11 is 5.52. The maximum Gasteiger partial charge on any atom is 0.173 e. The molecule has 1 atom stereocenters. The number of rotatable bonds is 3. The minimum atomic E-state index is 0.453. The van der Waals surface area contributed by atoms with Gasteiger partial charge in [0.15, 0.2) is 5.11 Å². The van der Waals surface area contributed by atoms with Crippen LogP contribution in [-0.2, 0) is 6.42 Å². The summed E-state index contributed by atoms with van der Waals surface area (Å²) in [5, 5.41) is 4.22. The Hall–Kier alpha value is -1.13. The van der Waals surface area contributed by atoms with E-state index in [1.54, 1.807) is 0 Å². The van der Waals surface area contributed by atoms with Gasteiger partial charge in [0, 0.05) is 11.7 Å². The third-order valence-corrected chi connectivity index (χ3v) is 3.67. The summed E-state index contributed by atoms with van der Waals surface area (Å²) in [5.41, 5.74) is 2.66. The maximum absolute atomic E-state index is 5.52. The Morgan fingerprint density at radius 3 is 2.89 bits per heavy atom. The minimum Gasteiger partial charge on any atom is -0.357 e. The van der Waals surface area contributed by atoms with Gasteiger partial charge in [0.05, 0.1) is 27.2 Å². The summed E-state index contributed by atoms with van der Waals surface area (Å²) < 4.78 is 0. The van der Waals surface area contributed by atoms with Crippen LogP contribution in [0.3, 0.4) is 0 Å². The molecule has 0 aliphatic carbocycles. The molecule has 1 aromatic rings. The zero-order valence-electron chi connectivity index (χ0n) is 11.4. The van der Waals surface area contributed by atoms with Crippen LogP contribution in [-0.4, -0.2) is 38.3 Å². The van der Waals surface area contributed by atoms with Crippen molar-refractivity contribution < 1.29 is 4.90 Å². The predicted octanol–water partition coefficient (Wildman–Crippen LogP) is 0.457. The van der Waals surface area contributed by atoms with Crippen molar-refractivity contribution in [3.8, 4) is 0 Å². The van der Waals surface area contributed by atoms with Crippen molar-refractivity contribution in [1.29, 1.82) is 0 Å². The Morgan fingerprint density at radius 1 is 1.44 bits per heavy atom. The minimum absolute atomic E-state index is 0.453. The standard InChI is InChI=1S/C14H21N3S/c1-11-10-12-6-4-5-7-13(12)17(11)14(18)15-8-9-16(2)3/h4-7,11H,8-10H2,1-3H3,(H,15,18)/p+1/t11-/m1/s1. The molecule has 1 aliphatic heterocycles. The predicted molar refractivity (Wildman–Crippen MR) is 80.4 cm³/mol. The van der Waals surface area contributed by atoms with Crippen LogP contribution < -0.4 is 15.1 Å². The number of hydrogen-bond acceptors (Lipinski definition) is 1. The number of nitrogens with one attached hydrogen (secondary N) is 2. The number of quaternary nitrogens is 1. The van der Waals surface area contributed by atoms with E-state index in [2.05, 4.69) is 55.5 Å². The van der Waals surface area contributed by atoms with E-state index in [1.165, 1.54) is 16.2 Å². The number of benzene rings is 1. The summed E-state index contributed by atoms with van der Waals surface area (Å²) in [7, 11) is 4.30. The molecule has 2 N–H and O–H groups in total. The molecule has 4 heteroatoms. The van der Waals surface area contributed by atoms with Gasteiger partial charge >= 0.3 is 0 Å². The highest BCUT2D eigenvalue weighted by Crippen LogP contribution is 2.31. The van der Waals surface area contributed by atoms with Crippen LogP contribution in [0.1, 0.15) is 12.5 Å². The van der Waals surface area contributed by atoms with Crippen LogP contribution in [0.25, 0.3) is 0 Å². The lowest BCUT2D eigenvalue weighted by atomic mass is 10.1. The van der Waals surface area contributed by atoms with Crippen LogP contribution in [0.15, 0.2) is 24.3 Å². The molecule has 0 unspecified atom stereocenters. The average molecular weight is 264 g/mol. The molecule has 1 aromatic carbocycles. The number of thiocarbonyl (C=S) groups is 1. The second kappa shape index (κ2) is 5.67. The molecule has 0 amide bonds. The van der Waals surface area contributed by atoms with E-state index in [0.717, 1.165) is 24.6 Å². The fraction of sp³-hybridized carbons (Fsp3) is 0.500. The van der Waals surface area contributed by atoms with Gasteiger partial charge in [0.2, 0.25) is 0 Å². The topological polar surface area (TPSA) is 19.7 Å². The molecule has 0 aromatic heterocycles. The quantitative estimate of drug-likeness (QED) is 0.774. The first-order valence-electron chi connectivity index (χ1n) is 6.53. The number of hydrogen-bond donors (Lipinski definition) is 2. The number of para-hydroxylation sites is 1. The monoisotopic (exact) mass is 264 g/mol. The molecule has 0 bridgehead atoms. The zero-order valence-corrected chi connectivity index (χ0v) is 12.2. The van der Waals surface area contributed by atoms with Crippen LogP contribution in [0.4, 0.5) is 5.69 Å². The summed E-state index contributed by atoms with van der Waals surface area (Å²) in [6.45, 7) is 4.22. The van der Waals surface area contributed by atoms with E-state index in [-0.39, 0.29) is 0 Å². The molecule has 0 fully saturated rings. The van der Waals surface area contributed by atoms with Crippen molar-refractivity contribution >= 4 is 23.0 Å². The molecule has 0 spiro atoms. The Bertz CT molecular complexity index is 431. The second-order valence-electron chi connectivity index (χ2n) is 5.24. The van der Waals surface area contributed by atoms with Gasteiger partial charge in [0.25, 0.3) is 0 Å². The van der Waals surface area contributed by atoms with Crippen LogP contribution >= 0.6 is 12.2 Å². The lowest BCUT2D eigenvalue weighted by molar-refractivity contribution is -0.856. The van der Waals surface area contributed by atoms with E-state index in [9.17, 15) is 0 Å². The van der Waals surface area contributed by atoms with Gasteiger partial charge in [-0.25, -0.2) is 0 Å². The van der Waals surface area contributed by atoms with Crippen molar-refractivity contribution in [3.63, 3.8) is 0 Å². The molecule has 18 heavy (non-hydrogen) atoms. The van der Waals surface area contributed by atoms with Crippen LogP contribution in [0.5, 0.6) is 0 Å². The van der Waals surface area contributed by atoms with Gasteiger partial charge in [-0.1, -0.05) is 18.2 Å². The fourth-order valence-electron chi connectivity index (χ4n) is 2.38. The third-order valence-electron chi connectivity index (χ3n) is 3.33. The Balaban J connectivity index is 2.02. The lowest BCUT2D eigenvalue weighted by Gasteiger charge is -2.26. The molecule has 0 radical (unpaired) electrons. The molecule has 2 rings (SSSR count). The number of nitrogens with zero attached hydrogens (tertiary/aromatic N) is 1. The van der Waals surface area contributed by atoms with E-state index >= 15 is 0 Å². The molecular formula is C14H22N3S+. The first kappa shape index (κ1) is 13.3. The van der Waals surface area contributed by atoms with Gasteiger partial charge in [-0.2, -0.15) is 0 Å². The van der Waals surface area contributed by atoms with Gasteiger partial charge in [-0.15, -0.1) is 0 Å². The van der Waals surface area contributed by atoms with Crippen molar-refractivity contribution in [3.05, 3.63) is 29.8 Å². The summed E-state index contributed by atoms with van der Waals surface area (Å²) in [4.78, 5) is 3.68. The molecular weight excluding hydrogens is 242 g/mol. The molecule has 1 aliphatic rings. The largest absolute Gasteiger partial charge is 0.357 e. The van der Waals surface area contributed by atoms with Crippen molar-refractivity contribution in [2.45, 2.75) is 19.4 Å². The van der Waals surface area contributed by atoms with E-state index in [1.807, 2.05) is 0 Å². The Morgan fingerprint density at radius 2 is 2.17 bits per heavy atom. The first-order valence-corrected chi connectivity index (χ1v) is 6.94. The molecule has 0 saturated carbocycles. The zero-order chi connectivity index (χ0) is 13.1. The lowest BCUT2D eigenvalue weighted by Crippen LogP contribution is -3.06. The highest BCUT2D eigenvalue weighted by molar-refractivity contribution is 7.80. The Labute approximate surface area is 115 Å². The summed E-state index contributed by atoms with van der Waals surface area (Å²) in [5.74, 6) is 0. The third kappa shape index (κ3) is 2.82. The van der Waals surface area contributed by atoms with E-state index < -0.39 is 0 Å². The molecule has 0 saturated heterocycles. The fourth-order valence-corrected chi connectivity index (χ4v) is 2.76. The highest BCUT2D eigenvalue weighted by atomic mass is 32.1. The molecule has 1 heterocycles. The maximum atomic E-state index is 5.52. The van der Waals surface area contributed by atoms with Gasteiger partial charge < -0.3 is 15.1 Å². The van der Waals surface area contributed by atoms with Gasteiger partial charge in [-0.05, 0) is 37.2 Å². The van der Waals surface area contributed by atoms with Crippen LogP contribution in [0, 0.1) is 0 Å². The summed E-state index contributed by atoms with van der Waals surface area (Å²) in [6, 6.07) is 8.98. The van der Waals surface area contributed by atoms with E-state index in [4.69, 9.17) is 12.2 Å². The van der Waals surface area contributed by atoms with Gasteiger partial charge in [0.1, 0.15) is 0 Å². The second-order valence-corrected chi connectivity index (χ2v) is 5.63. The first-order chi connectivity index (χ1) is 8.59. The van der Waals surface area contributed by atoms with Crippen molar-refractivity contribution in [1.82, 2.24) is 5.32 Å². The number of fused-ring (bicyclic) bond motifs is 1. The van der Waals surface area contributed by atoms with E-state index in [0.29, 0.717) is 6.04 Å². The highest BCUT2D eigenvalue weighted by Gasteiger charge is 2.28. The summed E-state index contributed by atoms with van der Waals surface area (Å²) in [6.07, 6.45) is 1.08. The van der Waals surface area contributed by atoms with Crippen molar-refractivity contribution in [2.24, 2.45) is 0 Å². The smallest absolute Gasteiger partial charge is 0.173 e. The van der Waals surface area contributed by atoms with Gasteiger partial charge in [-0.3, -0.25) is 0 Å². The van der Waals surface area contributed by atoms with Crippen LogP contribution in [0.2, 0.25) is 0 Å². The number of anilines is 1. The average Bonchev–Trinajstić information content (AvgIpc) is 2.64.